The number of benzene rings is 1. The van der Waals surface area contributed by atoms with Gasteiger partial charge in [-0.1, -0.05) is 18.2 Å². The number of rotatable bonds is 4. The van der Waals surface area contributed by atoms with Crippen molar-refractivity contribution in [1.82, 2.24) is 4.90 Å². The Balaban J connectivity index is 1.68. The average molecular weight is 522 g/mol. The Morgan fingerprint density at radius 1 is 1.11 bits per heavy atom. The van der Waals surface area contributed by atoms with Gasteiger partial charge in [-0.3, -0.25) is 28.9 Å². The zero-order chi connectivity index (χ0) is 27.8. The van der Waals surface area contributed by atoms with Gasteiger partial charge in [-0.25, -0.2) is 0 Å². The van der Waals surface area contributed by atoms with E-state index in [1.165, 1.54) is 4.90 Å². The molecule has 1 aromatic rings. The molecule has 0 aromatic heterocycles. The van der Waals surface area contributed by atoms with Gasteiger partial charge in [0.1, 0.15) is 5.75 Å². The van der Waals surface area contributed by atoms with E-state index >= 15 is 0 Å². The van der Waals surface area contributed by atoms with E-state index in [4.69, 9.17) is 5.73 Å². The van der Waals surface area contributed by atoms with Crippen LogP contribution in [0.5, 0.6) is 5.75 Å². The number of carbonyl (C=O) groups excluding carboxylic acids is 5. The smallest absolute Gasteiger partial charge is 0.235 e. The molecule has 2 fully saturated rings. The highest BCUT2D eigenvalue weighted by atomic mass is 16.3. The first-order valence-corrected chi connectivity index (χ1v) is 12.6. The number of allylic oxidation sites excluding steroid dienone is 4. The van der Waals surface area contributed by atoms with Crippen LogP contribution in [0.3, 0.4) is 0 Å². The molecule has 0 spiro atoms. The lowest BCUT2D eigenvalue weighted by Gasteiger charge is -2.52. The Labute approximate surface area is 219 Å². The van der Waals surface area contributed by atoms with E-state index in [0.717, 1.165) is 11.3 Å². The monoisotopic (exact) mass is 521 g/mol. The number of phenols is 1. The van der Waals surface area contributed by atoms with E-state index in [9.17, 15) is 34.2 Å². The molecular formula is C28H31N3O7. The number of nitrogens with two attached hydrogens (primary N) is 1. The van der Waals surface area contributed by atoms with Crippen molar-refractivity contribution in [2.75, 3.05) is 33.1 Å². The van der Waals surface area contributed by atoms with Gasteiger partial charge >= 0.3 is 0 Å². The summed E-state index contributed by atoms with van der Waals surface area (Å²) >= 11 is 0. The molecule has 1 aromatic carbocycles. The second-order valence-electron chi connectivity index (χ2n) is 11.2. The number of amides is 1. The van der Waals surface area contributed by atoms with Crippen LogP contribution in [0, 0.1) is 23.7 Å². The maximum atomic E-state index is 14.0. The van der Waals surface area contributed by atoms with E-state index in [1.54, 1.807) is 14.1 Å². The maximum absolute atomic E-state index is 14.0. The van der Waals surface area contributed by atoms with Gasteiger partial charge in [0.15, 0.2) is 34.7 Å². The molecule has 6 atom stereocenters. The molecule has 0 saturated heterocycles. The highest BCUT2D eigenvalue weighted by molar-refractivity contribution is 6.32. The second kappa shape index (κ2) is 8.71. The first-order valence-electron chi connectivity index (χ1n) is 12.6. The SMILES string of the molecule is CN(C)c1cc(C2=CC=CC2)c(O)c2c1C[C@@H]1C[C@@H]3[C@@H](N(C)C)C(=O)C(C(N)=O)C(=O)[C@]3(O)C(=O)C1C2=O. The molecule has 38 heavy (non-hydrogen) atoms. The molecule has 0 heterocycles. The van der Waals surface area contributed by atoms with Gasteiger partial charge < -0.3 is 20.8 Å². The Hall–Kier alpha value is -3.63. The van der Waals surface area contributed by atoms with Crippen LogP contribution in [-0.2, 0) is 25.6 Å². The topological polar surface area (TPSA) is 158 Å². The fraction of sp³-hybridized carbons (Fsp3) is 0.464. The summed E-state index contributed by atoms with van der Waals surface area (Å²) in [7, 11) is 6.77. The summed E-state index contributed by atoms with van der Waals surface area (Å²) in [6.45, 7) is 0. The molecule has 0 bridgehead atoms. The van der Waals surface area contributed by atoms with Crippen molar-refractivity contribution >= 4 is 40.3 Å². The molecule has 200 valence electrons. The standard InChI is InChI=1S/C28H31N3O7/c1-30(2)17-11-14(12-7-5-6-8-12)22(32)19-15(17)9-13-10-16-21(31(3)4)24(34)20(27(29)37)26(36)28(16,38)25(35)18(13)23(19)33/h5-7,11,13,16,18,20-21,32,38H,8-10H2,1-4H3,(H2,29,37)/t13-,16-,18?,20?,21-,28-/m1/s1. The first kappa shape index (κ1) is 26.0. The van der Waals surface area contributed by atoms with Crippen molar-refractivity contribution in [1.29, 1.82) is 0 Å². The minimum atomic E-state index is -2.73. The number of Topliss-reactive ketones (excluding diaryl/α,β-unsaturated/α-hetero) is 4. The number of phenolic OH excluding ortho intramolecular Hbond substituents is 1. The van der Waals surface area contributed by atoms with Crippen LogP contribution in [0.1, 0.15) is 34.3 Å². The number of aromatic hydroxyl groups is 1. The molecule has 4 N–H and O–H groups in total. The van der Waals surface area contributed by atoms with E-state index in [-0.39, 0.29) is 24.2 Å². The van der Waals surface area contributed by atoms with Gasteiger partial charge in [0, 0.05) is 31.3 Å². The van der Waals surface area contributed by atoms with E-state index in [0.29, 0.717) is 17.5 Å². The number of likely N-dealkylation sites (N-methyl/N-ethyl adjacent to an activating group) is 1. The summed E-state index contributed by atoms with van der Waals surface area (Å²) in [4.78, 5) is 70.0. The van der Waals surface area contributed by atoms with Gasteiger partial charge in [0.05, 0.1) is 17.5 Å². The zero-order valence-corrected chi connectivity index (χ0v) is 21.7. The van der Waals surface area contributed by atoms with Crippen LogP contribution >= 0.6 is 0 Å². The molecule has 0 radical (unpaired) electrons. The number of carbonyl (C=O) groups is 5. The Kier molecular flexibility index (Phi) is 5.96. The molecule has 5 rings (SSSR count). The summed E-state index contributed by atoms with van der Waals surface area (Å²) in [6.07, 6.45) is 6.45. The number of nitrogens with zero attached hydrogens (tertiary/aromatic N) is 2. The largest absolute Gasteiger partial charge is 0.507 e. The Morgan fingerprint density at radius 2 is 1.79 bits per heavy atom. The van der Waals surface area contributed by atoms with Crippen LogP contribution in [0.4, 0.5) is 5.69 Å². The molecule has 0 aliphatic heterocycles. The Bertz CT molecular complexity index is 1370. The molecule has 4 aliphatic carbocycles. The lowest BCUT2D eigenvalue weighted by Crippen LogP contribution is -2.74. The predicted octanol–water partition coefficient (Wildman–Crippen LogP) is 0.276. The highest BCUT2D eigenvalue weighted by Crippen LogP contribution is 2.52. The third-order valence-corrected chi connectivity index (χ3v) is 8.64. The summed E-state index contributed by atoms with van der Waals surface area (Å²) < 4.78 is 0. The summed E-state index contributed by atoms with van der Waals surface area (Å²) in [6, 6.07) is 0.706. The third kappa shape index (κ3) is 3.36. The number of aliphatic hydroxyl groups is 1. The van der Waals surface area contributed by atoms with Crippen LogP contribution < -0.4 is 10.6 Å². The fourth-order valence-corrected chi connectivity index (χ4v) is 6.94. The van der Waals surface area contributed by atoms with Gasteiger partial charge in [0.2, 0.25) is 5.91 Å². The third-order valence-electron chi connectivity index (χ3n) is 8.64. The minimum absolute atomic E-state index is 0.00518. The number of fused-ring (bicyclic) bond motifs is 3. The molecule has 4 aliphatic rings. The van der Waals surface area contributed by atoms with Gasteiger partial charge in [-0.05, 0) is 56.5 Å². The number of hydrogen-bond acceptors (Lipinski definition) is 9. The Morgan fingerprint density at radius 3 is 2.34 bits per heavy atom. The van der Waals surface area contributed by atoms with E-state index in [1.807, 2.05) is 43.3 Å². The van der Waals surface area contributed by atoms with Crippen molar-refractivity contribution in [3.8, 4) is 5.75 Å². The summed E-state index contributed by atoms with van der Waals surface area (Å²) in [5.41, 5.74) is 5.23. The fourth-order valence-electron chi connectivity index (χ4n) is 6.94. The van der Waals surface area contributed by atoms with Gasteiger partial charge in [-0.15, -0.1) is 0 Å². The number of ketones is 4. The first-order chi connectivity index (χ1) is 17.8. The van der Waals surface area contributed by atoms with Gasteiger partial charge in [-0.2, -0.15) is 0 Å². The molecule has 10 heteroatoms. The van der Waals surface area contributed by atoms with Crippen molar-refractivity contribution in [2.45, 2.75) is 30.9 Å². The van der Waals surface area contributed by atoms with E-state index in [2.05, 4.69) is 0 Å². The number of hydrogen-bond donors (Lipinski definition) is 3. The lowest BCUT2D eigenvalue weighted by molar-refractivity contribution is -0.181. The molecule has 2 saturated carbocycles. The highest BCUT2D eigenvalue weighted by Gasteiger charge is 2.69. The minimum Gasteiger partial charge on any atom is -0.507 e. The molecule has 10 nitrogen and oxygen atoms in total. The van der Waals surface area contributed by atoms with E-state index < -0.39 is 64.4 Å². The van der Waals surface area contributed by atoms with Crippen LogP contribution in [-0.4, -0.2) is 84.0 Å². The molecule has 1 amide bonds. The summed E-state index contributed by atoms with van der Waals surface area (Å²) in [5, 5.41) is 23.0. The second-order valence-corrected chi connectivity index (χ2v) is 11.2. The van der Waals surface area contributed by atoms with Gasteiger partial charge in [0.25, 0.3) is 0 Å². The number of primary amides is 1. The van der Waals surface area contributed by atoms with Crippen molar-refractivity contribution in [3.05, 3.63) is 41.0 Å². The lowest BCUT2D eigenvalue weighted by atomic mass is 9.52. The number of anilines is 1. The van der Waals surface area contributed by atoms with Crippen molar-refractivity contribution in [3.63, 3.8) is 0 Å². The van der Waals surface area contributed by atoms with Crippen molar-refractivity contribution in [2.24, 2.45) is 29.4 Å². The average Bonchev–Trinajstić information content (AvgIpc) is 3.35. The maximum Gasteiger partial charge on any atom is 0.235 e. The zero-order valence-electron chi connectivity index (χ0n) is 21.7. The van der Waals surface area contributed by atoms with Crippen molar-refractivity contribution < 1.29 is 34.2 Å². The summed E-state index contributed by atoms with van der Waals surface area (Å²) in [5.74, 6) is -10.4. The molecule has 2 unspecified atom stereocenters. The molecular weight excluding hydrogens is 490 g/mol. The predicted molar refractivity (Wildman–Crippen MR) is 137 cm³/mol. The van der Waals surface area contributed by atoms with Crippen LogP contribution in [0.25, 0.3) is 5.57 Å². The normalized spacial score (nSPS) is 32.2. The van der Waals surface area contributed by atoms with Crippen LogP contribution in [0.15, 0.2) is 24.3 Å². The quantitative estimate of drug-likeness (QED) is 0.473. The van der Waals surface area contributed by atoms with Crippen LogP contribution in [0.2, 0.25) is 0 Å².